The average molecular weight is 781 g/mol. The van der Waals surface area contributed by atoms with E-state index in [1.807, 2.05) is 0 Å². The number of carbonyl (C=O) groups excluding carboxylic acids is 3. The van der Waals surface area contributed by atoms with Crippen molar-refractivity contribution in [2.45, 2.75) is 213 Å². The van der Waals surface area contributed by atoms with Crippen molar-refractivity contribution in [3.63, 3.8) is 0 Å². The molecule has 0 radical (unpaired) electrons. The molecule has 1 atom stereocenters. The summed E-state index contributed by atoms with van der Waals surface area (Å²) in [7, 11) is 0. The van der Waals surface area contributed by atoms with Crippen LogP contribution in [0.5, 0.6) is 0 Å². The van der Waals surface area contributed by atoms with Gasteiger partial charge in [0.15, 0.2) is 6.10 Å². The molecule has 0 spiro atoms. The number of unbranched alkanes of at least 4 members (excludes halogenated alkanes) is 17. The lowest BCUT2D eigenvalue weighted by Gasteiger charge is -2.18. The van der Waals surface area contributed by atoms with Crippen molar-refractivity contribution in [1.82, 2.24) is 0 Å². The minimum absolute atomic E-state index is 0.102. The van der Waals surface area contributed by atoms with Gasteiger partial charge < -0.3 is 14.2 Å². The summed E-state index contributed by atoms with van der Waals surface area (Å²) in [5.74, 6) is -0.988. The molecule has 6 heteroatoms. The molecule has 0 aromatic carbocycles. The first-order chi connectivity index (χ1) is 27.5. The fourth-order valence-electron chi connectivity index (χ4n) is 6.06. The van der Waals surface area contributed by atoms with Crippen molar-refractivity contribution in [3.05, 3.63) is 72.9 Å². The molecule has 0 aromatic rings. The van der Waals surface area contributed by atoms with E-state index in [1.165, 1.54) is 70.6 Å². The Labute approximate surface area is 344 Å². The Hall–Kier alpha value is -3.15. The zero-order valence-corrected chi connectivity index (χ0v) is 36.4. The highest BCUT2D eigenvalue weighted by molar-refractivity contribution is 5.71. The normalized spacial score (nSPS) is 12.7. The molecule has 6 nitrogen and oxygen atoms in total. The number of ether oxygens (including phenoxy) is 3. The predicted molar refractivity (Wildman–Crippen MR) is 238 cm³/mol. The van der Waals surface area contributed by atoms with Gasteiger partial charge in [-0.05, 0) is 83.5 Å². The van der Waals surface area contributed by atoms with Crippen LogP contribution in [-0.2, 0) is 28.6 Å². The van der Waals surface area contributed by atoms with Crippen LogP contribution in [0, 0.1) is 0 Å². The van der Waals surface area contributed by atoms with E-state index in [2.05, 4.69) is 93.7 Å². The third-order valence-electron chi connectivity index (χ3n) is 9.46. The summed E-state index contributed by atoms with van der Waals surface area (Å²) in [5, 5.41) is 0. The second-order valence-electron chi connectivity index (χ2n) is 14.9. The first kappa shape index (κ1) is 52.9. The minimum atomic E-state index is -0.806. The van der Waals surface area contributed by atoms with Crippen molar-refractivity contribution in [2.75, 3.05) is 13.2 Å². The highest BCUT2D eigenvalue weighted by atomic mass is 16.6. The standard InChI is InChI=1S/C50H84O6/c1-4-7-10-13-16-19-22-25-26-29-31-34-37-40-43-49(52)55-46-47(56-50(53)44-41-38-35-32-28-24-21-18-15-12-9-6-3)45-54-48(51)42-39-36-33-30-27-23-20-17-14-11-8-5-2/h8-9,11-12,17-18,20-21,27-28,30,32,47H,4-7,10,13-16,19,22-26,29,31,33-46H2,1-3H3/b11-8-,12-9-,20-17-,21-18-,30-27-,32-28-. The summed E-state index contributed by atoms with van der Waals surface area (Å²) in [5.41, 5.74) is 0. The van der Waals surface area contributed by atoms with Crippen molar-refractivity contribution in [3.8, 4) is 0 Å². The van der Waals surface area contributed by atoms with Crippen molar-refractivity contribution < 1.29 is 28.6 Å². The Kier molecular flexibility index (Phi) is 42.1. The molecule has 56 heavy (non-hydrogen) atoms. The van der Waals surface area contributed by atoms with Crippen LogP contribution in [0.25, 0.3) is 0 Å². The van der Waals surface area contributed by atoms with Gasteiger partial charge in [-0.3, -0.25) is 14.4 Å². The van der Waals surface area contributed by atoms with Crippen LogP contribution in [0.15, 0.2) is 72.9 Å². The number of carbonyl (C=O) groups is 3. The number of hydrogen-bond acceptors (Lipinski definition) is 6. The number of hydrogen-bond donors (Lipinski definition) is 0. The number of rotatable bonds is 40. The number of esters is 3. The molecule has 0 bridgehead atoms. The minimum Gasteiger partial charge on any atom is -0.462 e. The van der Waals surface area contributed by atoms with Gasteiger partial charge in [0.25, 0.3) is 0 Å². The predicted octanol–water partition coefficient (Wildman–Crippen LogP) is 14.7. The Morgan fingerprint density at radius 1 is 0.375 bits per heavy atom. The lowest BCUT2D eigenvalue weighted by molar-refractivity contribution is -0.167. The summed E-state index contributed by atoms with van der Waals surface area (Å²) >= 11 is 0. The van der Waals surface area contributed by atoms with E-state index < -0.39 is 6.10 Å². The second-order valence-corrected chi connectivity index (χ2v) is 14.9. The van der Waals surface area contributed by atoms with Crippen LogP contribution in [0.4, 0.5) is 0 Å². The van der Waals surface area contributed by atoms with Gasteiger partial charge in [-0.15, -0.1) is 0 Å². The molecule has 0 amide bonds. The van der Waals surface area contributed by atoms with Gasteiger partial charge in [0.2, 0.25) is 0 Å². The Morgan fingerprint density at radius 2 is 0.696 bits per heavy atom. The molecule has 0 fully saturated rings. The number of allylic oxidation sites excluding steroid dienone is 12. The third kappa shape index (κ3) is 42.0. The lowest BCUT2D eigenvalue weighted by atomic mass is 10.0. The van der Waals surface area contributed by atoms with Crippen molar-refractivity contribution in [1.29, 1.82) is 0 Å². The van der Waals surface area contributed by atoms with Crippen molar-refractivity contribution >= 4 is 17.9 Å². The zero-order valence-electron chi connectivity index (χ0n) is 36.4. The van der Waals surface area contributed by atoms with E-state index in [-0.39, 0.29) is 37.5 Å². The van der Waals surface area contributed by atoms with E-state index in [0.717, 1.165) is 89.9 Å². The summed E-state index contributed by atoms with van der Waals surface area (Å²) in [6.07, 6.45) is 54.6. The maximum absolute atomic E-state index is 12.7. The highest BCUT2D eigenvalue weighted by Crippen LogP contribution is 2.14. The molecule has 0 saturated heterocycles. The van der Waals surface area contributed by atoms with Crippen LogP contribution < -0.4 is 0 Å². The molecular formula is C50H84O6. The van der Waals surface area contributed by atoms with Gasteiger partial charge in [-0.2, -0.15) is 0 Å². The van der Waals surface area contributed by atoms with Crippen LogP contribution >= 0.6 is 0 Å². The van der Waals surface area contributed by atoms with E-state index in [0.29, 0.717) is 19.3 Å². The van der Waals surface area contributed by atoms with Gasteiger partial charge in [0.1, 0.15) is 13.2 Å². The zero-order chi connectivity index (χ0) is 40.8. The molecule has 1 unspecified atom stereocenters. The fraction of sp³-hybridized carbons (Fsp3) is 0.700. The maximum atomic E-state index is 12.7. The maximum Gasteiger partial charge on any atom is 0.306 e. The van der Waals surface area contributed by atoms with Crippen molar-refractivity contribution in [2.24, 2.45) is 0 Å². The molecule has 0 aliphatic heterocycles. The van der Waals surface area contributed by atoms with Crippen LogP contribution in [0.1, 0.15) is 207 Å². The molecular weight excluding hydrogens is 697 g/mol. The Bertz CT molecular complexity index is 1080. The van der Waals surface area contributed by atoms with E-state index in [9.17, 15) is 14.4 Å². The summed E-state index contributed by atoms with van der Waals surface area (Å²) in [6.45, 7) is 6.32. The van der Waals surface area contributed by atoms with Crippen LogP contribution in [0.3, 0.4) is 0 Å². The SMILES string of the molecule is CC/C=C\C/C=C\C/C=C\CCCCC(=O)OCC(COC(=O)CCCCCCCCCCCCCCCC)OC(=O)CCCC/C=C\C/C=C\C/C=C\CC. The fourth-order valence-corrected chi connectivity index (χ4v) is 6.06. The topological polar surface area (TPSA) is 78.9 Å². The van der Waals surface area contributed by atoms with E-state index in [1.54, 1.807) is 0 Å². The van der Waals surface area contributed by atoms with Crippen LogP contribution in [-0.4, -0.2) is 37.2 Å². The van der Waals surface area contributed by atoms with Gasteiger partial charge in [-0.1, -0.05) is 177 Å². The molecule has 0 aromatic heterocycles. The van der Waals surface area contributed by atoms with E-state index in [4.69, 9.17) is 14.2 Å². The summed E-state index contributed by atoms with van der Waals surface area (Å²) in [6, 6.07) is 0. The molecule has 0 heterocycles. The van der Waals surface area contributed by atoms with Gasteiger partial charge in [-0.25, -0.2) is 0 Å². The smallest absolute Gasteiger partial charge is 0.306 e. The molecule has 0 aliphatic carbocycles. The molecule has 0 saturated carbocycles. The quantitative estimate of drug-likeness (QED) is 0.0267. The molecule has 0 rings (SSSR count). The lowest BCUT2D eigenvalue weighted by Crippen LogP contribution is -2.30. The summed E-state index contributed by atoms with van der Waals surface area (Å²) in [4.78, 5) is 37.7. The van der Waals surface area contributed by atoms with Gasteiger partial charge in [0, 0.05) is 19.3 Å². The molecule has 0 N–H and O–H groups in total. The first-order valence-corrected chi connectivity index (χ1v) is 22.9. The Morgan fingerprint density at radius 3 is 1.09 bits per heavy atom. The molecule has 0 aliphatic rings. The third-order valence-corrected chi connectivity index (χ3v) is 9.46. The van der Waals surface area contributed by atoms with Gasteiger partial charge in [0.05, 0.1) is 0 Å². The summed E-state index contributed by atoms with van der Waals surface area (Å²) < 4.78 is 16.6. The monoisotopic (exact) mass is 781 g/mol. The molecule has 320 valence electrons. The Balaban J connectivity index is 4.47. The highest BCUT2D eigenvalue weighted by Gasteiger charge is 2.19. The average Bonchev–Trinajstić information content (AvgIpc) is 3.19. The van der Waals surface area contributed by atoms with Crippen LogP contribution in [0.2, 0.25) is 0 Å². The largest absolute Gasteiger partial charge is 0.462 e. The van der Waals surface area contributed by atoms with Gasteiger partial charge >= 0.3 is 17.9 Å². The first-order valence-electron chi connectivity index (χ1n) is 22.9. The second kappa shape index (κ2) is 44.6. The van der Waals surface area contributed by atoms with E-state index >= 15 is 0 Å².